The fraction of sp³-hybridized carbons (Fsp3) is 0.684. The van der Waals surface area contributed by atoms with Gasteiger partial charge in [0.1, 0.15) is 6.61 Å². The van der Waals surface area contributed by atoms with Gasteiger partial charge >= 0.3 is 11.9 Å². The van der Waals surface area contributed by atoms with Gasteiger partial charge in [0.15, 0.2) is 6.10 Å². The lowest BCUT2D eigenvalue weighted by atomic mass is 9.89. The molecule has 5 atom stereocenters. The van der Waals surface area contributed by atoms with Crippen molar-refractivity contribution in [2.24, 2.45) is 5.92 Å². The molecule has 0 aromatic carbocycles. The molecule has 140 valence electrons. The SMILES string of the molecule is CC(=O)OC[C@H]1C=C(C)C=C(C)[C@H](OC(C)=O)C12O[C@H](C)C[C@H](C)O2. The minimum atomic E-state index is -1.23. The first-order chi connectivity index (χ1) is 11.6. The zero-order chi connectivity index (χ0) is 18.8. The average molecular weight is 352 g/mol. The molecule has 2 aliphatic rings. The van der Waals surface area contributed by atoms with E-state index in [2.05, 4.69) is 0 Å². The second-order valence-electron chi connectivity index (χ2n) is 7.01. The first-order valence-electron chi connectivity index (χ1n) is 8.67. The molecule has 6 nitrogen and oxygen atoms in total. The van der Waals surface area contributed by atoms with Crippen LogP contribution in [0, 0.1) is 5.92 Å². The van der Waals surface area contributed by atoms with Gasteiger partial charge in [0.25, 0.3) is 0 Å². The van der Waals surface area contributed by atoms with Crippen LogP contribution in [0.2, 0.25) is 0 Å². The van der Waals surface area contributed by atoms with Gasteiger partial charge in [0.2, 0.25) is 5.79 Å². The van der Waals surface area contributed by atoms with Crippen LogP contribution in [0.3, 0.4) is 0 Å². The third-order valence-electron chi connectivity index (χ3n) is 4.40. The summed E-state index contributed by atoms with van der Waals surface area (Å²) in [6.07, 6.45) is 3.76. The Morgan fingerprint density at radius 2 is 1.76 bits per heavy atom. The molecule has 1 aliphatic carbocycles. The lowest BCUT2D eigenvalue weighted by molar-refractivity contribution is -0.358. The Bertz CT molecular complexity index is 581. The van der Waals surface area contributed by atoms with E-state index in [9.17, 15) is 9.59 Å². The Labute approximate surface area is 149 Å². The number of rotatable bonds is 3. The molecule has 0 N–H and O–H groups in total. The van der Waals surface area contributed by atoms with Gasteiger partial charge in [-0.25, -0.2) is 0 Å². The summed E-state index contributed by atoms with van der Waals surface area (Å²) in [7, 11) is 0. The van der Waals surface area contributed by atoms with Crippen molar-refractivity contribution < 1.29 is 28.5 Å². The second kappa shape index (κ2) is 7.70. The van der Waals surface area contributed by atoms with E-state index in [4.69, 9.17) is 18.9 Å². The Kier molecular flexibility index (Phi) is 6.06. The summed E-state index contributed by atoms with van der Waals surface area (Å²) >= 11 is 0. The first kappa shape index (κ1) is 19.7. The highest BCUT2D eigenvalue weighted by molar-refractivity contribution is 5.67. The molecular weight excluding hydrogens is 324 g/mol. The molecule has 1 aliphatic heterocycles. The van der Waals surface area contributed by atoms with Gasteiger partial charge < -0.3 is 18.9 Å². The summed E-state index contributed by atoms with van der Waals surface area (Å²) in [5.41, 5.74) is 1.80. The number of esters is 2. The van der Waals surface area contributed by atoms with Crippen molar-refractivity contribution >= 4 is 11.9 Å². The molecule has 0 amide bonds. The smallest absolute Gasteiger partial charge is 0.303 e. The summed E-state index contributed by atoms with van der Waals surface area (Å²) < 4.78 is 23.4. The zero-order valence-corrected chi connectivity index (χ0v) is 15.8. The summed E-state index contributed by atoms with van der Waals surface area (Å²) in [6.45, 7) is 10.6. The molecule has 0 bridgehead atoms. The highest BCUT2D eigenvalue weighted by atomic mass is 16.7. The van der Waals surface area contributed by atoms with Crippen LogP contribution in [0.4, 0.5) is 0 Å². The highest BCUT2D eigenvalue weighted by Gasteiger charge is 2.55. The molecular formula is C19H28O6. The number of hydrogen-bond donors (Lipinski definition) is 0. The van der Waals surface area contributed by atoms with Crippen molar-refractivity contribution in [3.05, 3.63) is 23.3 Å². The van der Waals surface area contributed by atoms with Gasteiger partial charge in [0.05, 0.1) is 18.1 Å². The van der Waals surface area contributed by atoms with E-state index in [0.717, 1.165) is 17.6 Å². The van der Waals surface area contributed by atoms with Gasteiger partial charge in [0, 0.05) is 13.8 Å². The van der Waals surface area contributed by atoms with Crippen molar-refractivity contribution in [2.75, 3.05) is 6.61 Å². The molecule has 1 heterocycles. The molecule has 0 saturated carbocycles. The van der Waals surface area contributed by atoms with E-state index in [1.54, 1.807) is 0 Å². The van der Waals surface area contributed by atoms with Crippen LogP contribution in [-0.4, -0.2) is 42.6 Å². The standard InChI is InChI=1S/C19H28O6/c1-11-7-12(2)18(23-16(6)21)19(17(8-11)10-22-15(5)20)24-13(3)9-14(4)25-19/h7-8,13-14,17-18H,9-10H2,1-6H3/t13-,14+,17-,18+,19?/m1/s1. The first-order valence-corrected chi connectivity index (χ1v) is 8.67. The summed E-state index contributed by atoms with van der Waals surface area (Å²) in [5, 5.41) is 0. The number of hydrogen-bond acceptors (Lipinski definition) is 6. The molecule has 0 radical (unpaired) electrons. The van der Waals surface area contributed by atoms with E-state index in [-0.39, 0.29) is 24.8 Å². The van der Waals surface area contributed by atoms with Gasteiger partial charge in [-0.1, -0.05) is 17.7 Å². The molecule has 0 aromatic heterocycles. The summed E-state index contributed by atoms with van der Waals surface area (Å²) in [6, 6.07) is 0. The van der Waals surface area contributed by atoms with Crippen molar-refractivity contribution in [2.45, 2.75) is 72.1 Å². The molecule has 2 rings (SSSR count). The maximum Gasteiger partial charge on any atom is 0.303 e. The fourth-order valence-corrected chi connectivity index (χ4v) is 3.66. The normalized spacial score (nSPS) is 35.4. The van der Waals surface area contributed by atoms with Gasteiger partial charge in [-0.3, -0.25) is 9.59 Å². The van der Waals surface area contributed by atoms with Crippen LogP contribution in [0.5, 0.6) is 0 Å². The number of allylic oxidation sites excluding steroid dienone is 2. The van der Waals surface area contributed by atoms with E-state index in [1.165, 1.54) is 13.8 Å². The van der Waals surface area contributed by atoms with E-state index < -0.39 is 23.8 Å². The van der Waals surface area contributed by atoms with E-state index in [1.807, 2.05) is 39.8 Å². The fourth-order valence-electron chi connectivity index (χ4n) is 3.66. The lowest BCUT2D eigenvalue weighted by Gasteiger charge is -2.49. The topological polar surface area (TPSA) is 71.1 Å². The van der Waals surface area contributed by atoms with Crippen molar-refractivity contribution in [3.63, 3.8) is 0 Å². The third-order valence-corrected chi connectivity index (χ3v) is 4.40. The van der Waals surface area contributed by atoms with Crippen LogP contribution in [0.1, 0.15) is 48.0 Å². The van der Waals surface area contributed by atoms with Crippen LogP contribution in [0.15, 0.2) is 23.3 Å². The molecule has 25 heavy (non-hydrogen) atoms. The second-order valence-corrected chi connectivity index (χ2v) is 7.01. The van der Waals surface area contributed by atoms with Crippen molar-refractivity contribution in [3.8, 4) is 0 Å². The Hall–Kier alpha value is -1.66. The van der Waals surface area contributed by atoms with Gasteiger partial charge in [-0.05, 0) is 39.7 Å². The monoisotopic (exact) mass is 352 g/mol. The molecule has 0 aromatic rings. The van der Waals surface area contributed by atoms with Crippen LogP contribution in [0.25, 0.3) is 0 Å². The number of ether oxygens (including phenoxy) is 4. The summed E-state index contributed by atoms with van der Waals surface area (Å²) in [5.74, 6) is -2.42. The predicted octanol–water partition coefficient (Wildman–Crippen LogP) is 2.91. The molecule has 1 saturated heterocycles. The Balaban J connectivity index is 2.52. The quantitative estimate of drug-likeness (QED) is 0.727. The maximum atomic E-state index is 11.8. The average Bonchev–Trinajstić information content (AvgIpc) is 2.54. The van der Waals surface area contributed by atoms with E-state index in [0.29, 0.717) is 0 Å². The Morgan fingerprint density at radius 3 is 2.28 bits per heavy atom. The zero-order valence-electron chi connectivity index (χ0n) is 15.8. The maximum absolute atomic E-state index is 11.8. The van der Waals surface area contributed by atoms with Crippen molar-refractivity contribution in [1.29, 1.82) is 0 Å². The molecule has 1 fully saturated rings. The van der Waals surface area contributed by atoms with Crippen LogP contribution < -0.4 is 0 Å². The van der Waals surface area contributed by atoms with E-state index >= 15 is 0 Å². The van der Waals surface area contributed by atoms with Gasteiger partial charge in [-0.15, -0.1) is 0 Å². The molecule has 6 heteroatoms. The molecule has 1 unspecified atom stereocenters. The van der Waals surface area contributed by atoms with Crippen molar-refractivity contribution in [1.82, 2.24) is 0 Å². The highest BCUT2D eigenvalue weighted by Crippen LogP contribution is 2.43. The van der Waals surface area contributed by atoms with Crippen LogP contribution in [-0.2, 0) is 28.5 Å². The minimum Gasteiger partial charge on any atom is -0.465 e. The predicted molar refractivity (Wildman–Crippen MR) is 91.6 cm³/mol. The third kappa shape index (κ3) is 4.50. The number of carbonyl (C=O) groups is 2. The molecule has 1 spiro atoms. The lowest BCUT2D eigenvalue weighted by Crippen LogP contribution is -2.61. The summed E-state index contributed by atoms with van der Waals surface area (Å²) in [4.78, 5) is 23.1. The Morgan fingerprint density at radius 1 is 1.16 bits per heavy atom. The number of carbonyl (C=O) groups excluding carboxylic acids is 2. The van der Waals surface area contributed by atoms with Crippen LogP contribution >= 0.6 is 0 Å². The largest absolute Gasteiger partial charge is 0.465 e. The van der Waals surface area contributed by atoms with Gasteiger partial charge in [-0.2, -0.15) is 0 Å². The minimum absolute atomic E-state index is 0.0822.